The second-order valence-corrected chi connectivity index (χ2v) is 4.17. The first-order chi connectivity index (χ1) is 9.61. The Morgan fingerprint density at radius 3 is 2.50 bits per heavy atom. The molecule has 4 nitrogen and oxygen atoms in total. The van der Waals surface area contributed by atoms with E-state index in [0.29, 0.717) is 17.1 Å². The van der Waals surface area contributed by atoms with Crippen molar-refractivity contribution >= 4 is 17.8 Å². The van der Waals surface area contributed by atoms with E-state index in [9.17, 15) is 9.59 Å². The molecule has 0 aliphatic heterocycles. The van der Waals surface area contributed by atoms with E-state index >= 15 is 0 Å². The molecule has 0 N–H and O–H groups in total. The molecule has 0 saturated carbocycles. The second kappa shape index (κ2) is 6.02. The number of ketones is 1. The van der Waals surface area contributed by atoms with Crippen molar-refractivity contribution < 1.29 is 18.7 Å². The molecule has 1 aromatic carbocycles. The first-order valence-electron chi connectivity index (χ1n) is 6.08. The molecule has 102 valence electrons. The Morgan fingerprint density at radius 2 is 1.90 bits per heavy atom. The highest BCUT2D eigenvalue weighted by Gasteiger charge is 2.15. The van der Waals surface area contributed by atoms with Crippen LogP contribution in [0.1, 0.15) is 23.0 Å². The summed E-state index contributed by atoms with van der Waals surface area (Å²) in [5.74, 6) is 0.361. The van der Waals surface area contributed by atoms with E-state index in [1.807, 2.05) is 30.3 Å². The number of carbonyl (C=O) groups is 2. The van der Waals surface area contributed by atoms with Crippen LogP contribution in [0.5, 0.6) is 0 Å². The highest BCUT2D eigenvalue weighted by atomic mass is 16.5. The predicted molar refractivity (Wildman–Crippen MR) is 75.2 cm³/mol. The van der Waals surface area contributed by atoms with Gasteiger partial charge in [-0.15, -0.1) is 0 Å². The SMILES string of the molecule is COC(=O)C=Cc1cc(C(C)=O)c(-c2ccccc2)o1. The van der Waals surface area contributed by atoms with Gasteiger partial charge in [0.25, 0.3) is 0 Å². The lowest BCUT2D eigenvalue weighted by atomic mass is 10.1. The van der Waals surface area contributed by atoms with Crippen LogP contribution >= 0.6 is 0 Å². The summed E-state index contributed by atoms with van der Waals surface area (Å²) >= 11 is 0. The highest BCUT2D eigenvalue weighted by molar-refractivity contribution is 6.00. The molecule has 1 aromatic heterocycles. The van der Waals surface area contributed by atoms with Crippen molar-refractivity contribution in [2.75, 3.05) is 7.11 Å². The van der Waals surface area contributed by atoms with E-state index in [-0.39, 0.29) is 5.78 Å². The average molecular weight is 270 g/mol. The number of ether oxygens (including phenoxy) is 1. The van der Waals surface area contributed by atoms with Gasteiger partial charge >= 0.3 is 5.97 Å². The van der Waals surface area contributed by atoms with Crippen LogP contribution in [0.4, 0.5) is 0 Å². The van der Waals surface area contributed by atoms with E-state index in [1.54, 1.807) is 6.07 Å². The van der Waals surface area contributed by atoms with Crippen molar-refractivity contribution in [3.8, 4) is 11.3 Å². The fourth-order valence-electron chi connectivity index (χ4n) is 1.78. The molecule has 0 atom stereocenters. The zero-order valence-electron chi connectivity index (χ0n) is 11.3. The summed E-state index contributed by atoms with van der Waals surface area (Å²) in [6, 6.07) is 11.0. The molecule has 0 amide bonds. The van der Waals surface area contributed by atoms with Crippen LogP contribution in [0.15, 0.2) is 46.9 Å². The summed E-state index contributed by atoms with van der Waals surface area (Å²) in [5.41, 5.74) is 1.30. The van der Waals surface area contributed by atoms with Gasteiger partial charge in [0.2, 0.25) is 0 Å². The number of hydrogen-bond acceptors (Lipinski definition) is 4. The first-order valence-corrected chi connectivity index (χ1v) is 6.08. The summed E-state index contributed by atoms with van der Waals surface area (Å²) in [6.07, 6.45) is 2.72. The molecule has 0 unspecified atom stereocenters. The Bertz CT molecular complexity index is 650. The van der Waals surface area contributed by atoms with Gasteiger partial charge in [0.1, 0.15) is 11.5 Å². The van der Waals surface area contributed by atoms with Crippen LogP contribution in [0.25, 0.3) is 17.4 Å². The molecule has 1 heterocycles. The topological polar surface area (TPSA) is 56.5 Å². The van der Waals surface area contributed by atoms with E-state index in [1.165, 1.54) is 26.2 Å². The first kappa shape index (κ1) is 13.8. The second-order valence-electron chi connectivity index (χ2n) is 4.17. The summed E-state index contributed by atoms with van der Waals surface area (Å²) < 4.78 is 10.1. The van der Waals surface area contributed by atoms with Gasteiger partial charge in [-0.3, -0.25) is 4.79 Å². The molecule has 2 aromatic rings. The number of furan rings is 1. The Labute approximate surface area is 116 Å². The van der Waals surface area contributed by atoms with Crippen molar-refractivity contribution in [3.05, 3.63) is 53.8 Å². The highest BCUT2D eigenvalue weighted by Crippen LogP contribution is 2.28. The van der Waals surface area contributed by atoms with Crippen LogP contribution in [-0.2, 0) is 9.53 Å². The number of methoxy groups -OCH3 is 1. The van der Waals surface area contributed by atoms with Crippen molar-refractivity contribution in [2.45, 2.75) is 6.92 Å². The summed E-state index contributed by atoms with van der Waals surface area (Å²) in [6.45, 7) is 1.48. The lowest BCUT2D eigenvalue weighted by Gasteiger charge is -1.98. The van der Waals surface area contributed by atoms with Crippen molar-refractivity contribution in [1.82, 2.24) is 0 Å². The van der Waals surface area contributed by atoms with Gasteiger partial charge in [-0.05, 0) is 19.1 Å². The molecule has 0 radical (unpaired) electrons. The maximum Gasteiger partial charge on any atom is 0.330 e. The van der Waals surface area contributed by atoms with Gasteiger partial charge in [-0.1, -0.05) is 30.3 Å². The molecule has 0 aliphatic rings. The maximum absolute atomic E-state index is 11.7. The molecular formula is C16H14O4. The molecule has 4 heteroatoms. The molecular weight excluding hydrogens is 256 g/mol. The van der Waals surface area contributed by atoms with Crippen LogP contribution < -0.4 is 0 Å². The minimum atomic E-state index is -0.480. The Balaban J connectivity index is 2.42. The fourth-order valence-corrected chi connectivity index (χ4v) is 1.78. The smallest absolute Gasteiger partial charge is 0.330 e. The normalized spacial score (nSPS) is 10.7. The van der Waals surface area contributed by atoms with Crippen molar-refractivity contribution in [2.24, 2.45) is 0 Å². The van der Waals surface area contributed by atoms with Crippen LogP contribution in [0.2, 0.25) is 0 Å². The van der Waals surface area contributed by atoms with Crippen molar-refractivity contribution in [1.29, 1.82) is 0 Å². The number of benzene rings is 1. The number of rotatable bonds is 4. The average Bonchev–Trinajstić information content (AvgIpc) is 2.90. The number of carbonyl (C=O) groups excluding carboxylic acids is 2. The molecule has 2 rings (SSSR count). The zero-order chi connectivity index (χ0) is 14.5. The number of hydrogen-bond donors (Lipinski definition) is 0. The van der Waals surface area contributed by atoms with Gasteiger partial charge in [0.05, 0.1) is 12.7 Å². The number of Topliss-reactive ketones (excluding diaryl/α,β-unsaturated/α-hetero) is 1. The lowest BCUT2D eigenvalue weighted by Crippen LogP contribution is -1.93. The van der Waals surface area contributed by atoms with Gasteiger partial charge in [0.15, 0.2) is 5.78 Å². The molecule has 0 fully saturated rings. The molecule has 0 bridgehead atoms. The molecule has 0 spiro atoms. The Kier molecular flexibility index (Phi) is 4.15. The van der Waals surface area contributed by atoms with E-state index in [4.69, 9.17) is 4.42 Å². The summed E-state index contributed by atoms with van der Waals surface area (Å²) in [5, 5.41) is 0. The summed E-state index contributed by atoms with van der Waals surface area (Å²) in [4.78, 5) is 22.7. The molecule has 0 saturated heterocycles. The van der Waals surface area contributed by atoms with E-state index in [0.717, 1.165) is 5.56 Å². The Hall–Kier alpha value is -2.62. The fraction of sp³-hybridized carbons (Fsp3) is 0.125. The van der Waals surface area contributed by atoms with Crippen LogP contribution in [-0.4, -0.2) is 18.9 Å². The predicted octanol–water partition coefficient (Wildman–Crippen LogP) is 3.34. The van der Waals surface area contributed by atoms with Gasteiger partial charge in [-0.25, -0.2) is 4.79 Å². The number of esters is 1. The zero-order valence-corrected chi connectivity index (χ0v) is 11.3. The van der Waals surface area contributed by atoms with Crippen LogP contribution in [0.3, 0.4) is 0 Å². The lowest BCUT2D eigenvalue weighted by molar-refractivity contribution is -0.134. The molecule has 0 aliphatic carbocycles. The largest absolute Gasteiger partial charge is 0.466 e. The summed E-state index contributed by atoms with van der Waals surface area (Å²) in [7, 11) is 1.30. The van der Waals surface area contributed by atoms with E-state index in [2.05, 4.69) is 4.74 Å². The van der Waals surface area contributed by atoms with Gasteiger partial charge < -0.3 is 9.15 Å². The third kappa shape index (κ3) is 3.03. The quantitative estimate of drug-likeness (QED) is 0.485. The standard InChI is InChI=1S/C16H14O4/c1-11(17)14-10-13(8-9-15(18)19-2)20-16(14)12-6-4-3-5-7-12/h3-10H,1-2H3. The monoisotopic (exact) mass is 270 g/mol. The van der Waals surface area contributed by atoms with Crippen LogP contribution in [0, 0.1) is 0 Å². The van der Waals surface area contributed by atoms with E-state index < -0.39 is 5.97 Å². The third-order valence-corrected chi connectivity index (χ3v) is 2.75. The minimum absolute atomic E-state index is 0.0923. The third-order valence-electron chi connectivity index (χ3n) is 2.75. The minimum Gasteiger partial charge on any atom is -0.466 e. The molecule has 20 heavy (non-hydrogen) atoms. The Morgan fingerprint density at radius 1 is 1.20 bits per heavy atom. The van der Waals surface area contributed by atoms with Gasteiger partial charge in [0, 0.05) is 11.6 Å². The van der Waals surface area contributed by atoms with Gasteiger partial charge in [-0.2, -0.15) is 0 Å². The maximum atomic E-state index is 11.7. The van der Waals surface area contributed by atoms with Crippen molar-refractivity contribution in [3.63, 3.8) is 0 Å².